The third-order valence-electron chi connectivity index (χ3n) is 10.8. The molecule has 9 aromatic carbocycles. The molecule has 0 aliphatic carbocycles. The topological polar surface area (TPSA) is 19.7 Å². The van der Waals surface area contributed by atoms with Crippen molar-refractivity contribution < 1.29 is 28.8 Å². The van der Waals surface area contributed by atoms with Crippen LogP contribution in [0.15, 0.2) is 206 Å². The van der Waals surface area contributed by atoms with Crippen LogP contribution in [-0.4, -0.2) is 18.3 Å². The third kappa shape index (κ3) is 4.23. The molecule has 0 aliphatic heterocycles. The fourth-order valence-corrected chi connectivity index (χ4v) is 8.46. The number of nitrogens with zero attached hydrogens (tertiary/aromatic N) is 4. The number of aromatic nitrogens is 4. The van der Waals surface area contributed by atoms with Crippen molar-refractivity contribution in [1.82, 2.24) is 18.3 Å². The van der Waals surface area contributed by atoms with E-state index in [1.165, 1.54) is 4.57 Å². The Hall–Kier alpha value is -7.82. The number of hydrogen-bond acceptors (Lipinski definition) is 0. The van der Waals surface area contributed by atoms with Crippen LogP contribution in [0.4, 0.5) is 0 Å². The first-order valence-electron chi connectivity index (χ1n) is 28.7. The summed E-state index contributed by atoms with van der Waals surface area (Å²) in [5, 5.41) is -0.556. The van der Waals surface area contributed by atoms with Crippen molar-refractivity contribution in [3.63, 3.8) is 0 Å². The van der Waals surface area contributed by atoms with E-state index >= 15 is 0 Å². The van der Waals surface area contributed by atoms with Gasteiger partial charge in [0, 0.05) is 54.9 Å². The predicted molar refractivity (Wildman–Crippen MR) is 243 cm³/mol. The molecule has 0 fully saturated rings. The summed E-state index contributed by atoms with van der Waals surface area (Å²) in [4.78, 5) is 0. The minimum absolute atomic E-state index is 0.140. The van der Waals surface area contributed by atoms with Gasteiger partial charge in [-0.25, -0.2) is 0 Å². The van der Waals surface area contributed by atoms with E-state index in [1.54, 1.807) is 88.0 Å². The Balaban J connectivity index is 1.13. The number of benzene rings is 9. The Morgan fingerprint density at radius 1 is 0.328 bits per heavy atom. The fourth-order valence-electron chi connectivity index (χ4n) is 8.46. The lowest BCUT2D eigenvalue weighted by atomic mass is 10.0. The minimum atomic E-state index is -0.763. The average molecular weight is 760 g/mol. The van der Waals surface area contributed by atoms with Gasteiger partial charge in [0.15, 0.2) is 0 Å². The standard InChI is InChI=1S/C54H34N4/c1-2-16-36(17-3-1)55-49-27-13-29-51-53(49)54-50(55)28-14-30-52(54)58(51)44-23-8-4-19-39(44)35-15-12-18-37(33-35)56-47-26-11-7-22-42(47)43-34-38(31-32-48(43)56)57-45-24-9-5-20-40(45)41-21-6-10-25-46(41)57/h1-34H/i5D,6D,7D,9D,10D,11D,13D,14D,20D,21D,22D,24D,25D,26D,27D,28D,29D,30D,31D,32D,34D. The maximum Gasteiger partial charge on any atom is 0.0652 e. The molecule has 0 spiro atoms. The van der Waals surface area contributed by atoms with Crippen molar-refractivity contribution in [2.45, 2.75) is 0 Å². The van der Waals surface area contributed by atoms with Gasteiger partial charge in [0.05, 0.1) is 78.6 Å². The smallest absolute Gasteiger partial charge is 0.0652 e. The van der Waals surface area contributed by atoms with Crippen LogP contribution in [0, 0.1) is 0 Å². The van der Waals surface area contributed by atoms with E-state index in [2.05, 4.69) is 0 Å². The summed E-state index contributed by atoms with van der Waals surface area (Å²) in [5.41, 5.74) is 0.719. The Morgan fingerprint density at radius 2 is 0.810 bits per heavy atom. The zero-order chi connectivity index (χ0) is 56.2. The zero-order valence-electron chi connectivity index (χ0n) is 50.8. The lowest BCUT2D eigenvalue weighted by Gasteiger charge is -2.17. The number of fused-ring (bicyclic) bond motifs is 6. The second-order valence-corrected chi connectivity index (χ2v) is 13.8. The van der Waals surface area contributed by atoms with Crippen molar-refractivity contribution in [2.75, 3.05) is 0 Å². The van der Waals surface area contributed by atoms with Crippen molar-refractivity contribution in [2.24, 2.45) is 0 Å². The van der Waals surface area contributed by atoms with Crippen molar-refractivity contribution in [3.05, 3.63) is 206 Å². The molecule has 0 N–H and O–H groups in total. The molecule has 4 nitrogen and oxygen atoms in total. The quantitative estimate of drug-likeness (QED) is 0.167. The molecule has 0 atom stereocenters. The summed E-state index contributed by atoms with van der Waals surface area (Å²) in [7, 11) is 0. The van der Waals surface area contributed by atoms with Crippen LogP contribution >= 0.6 is 0 Å². The molecule has 0 unspecified atom stereocenters. The number of rotatable bonds is 5. The van der Waals surface area contributed by atoms with Gasteiger partial charge in [-0.05, 0) is 96.3 Å². The highest BCUT2D eigenvalue weighted by molar-refractivity contribution is 6.25. The molecule has 13 aromatic rings. The third-order valence-corrected chi connectivity index (χ3v) is 10.8. The van der Waals surface area contributed by atoms with E-state index in [4.69, 9.17) is 16.4 Å². The number of para-hydroxylation sites is 5. The molecule has 4 aromatic heterocycles. The van der Waals surface area contributed by atoms with Gasteiger partial charge in [-0.2, -0.15) is 0 Å². The lowest BCUT2D eigenvalue weighted by Crippen LogP contribution is -2.00. The zero-order valence-corrected chi connectivity index (χ0v) is 29.8. The first-order chi connectivity index (χ1) is 37.6. The first-order valence-corrected chi connectivity index (χ1v) is 18.2. The summed E-state index contributed by atoms with van der Waals surface area (Å²) in [6, 6.07) is 9.77. The summed E-state index contributed by atoms with van der Waals surface area (Å²) in [6.45, 7) is 0. The Kier molecular flexibility index (Phi) is 3.58. The van der Waals surface area contributed by atoms with Crippen LogP contribution in [0.1, 0.15) is 28.8 Å². The van der Waals surface area contributed by atoms with Gasteiger partial charge in [0.2, 0.25) is 0 Å². The van der Waals surface area contributed by atoms with E-state index in [0.717, 1.165) is 4.57 Å². The maximum absolute atomic E-state index is 10.0. The molecule has 0 saturated heterocycles. The van der Waals surface area contributed by atoms with E-state index in [1.807, 2.05) is 0 Å². The van der Waals surface area contributed by atoms with Crippen LogP contribution in [0.5, 0.6) is 0 Å². The molecular formula is C54H34N4. The van der Waals surface area contributed by atoms with Gasteiger partial charge in [0.1, 0.15) is 0 Å². The number of hydrogen-bond donors (Lipinski definition) is 0. The second kappa shape index (κ2) is 11.8. The molecule has 0 amide bonds. The summed E-state index contributed by atoms with van der Waals surface area (Å²) in [6.07, 6.45) is 0. The van der Waals surface area contributed by atoms with E-state index in [9.17, 15) is 12.3 Å². The largest absolute Gasteiger partial charge is 0.309 e. The average Bonchev–Trinajstić information content (AvgIpc) is 2.80. The van der Waals surface area contributed by atoms with E-state index < -0.39 is 119 Å². The highest BCUT2D eigenvalue weighted by Gasteiger charge is 2.24. The minimum Gasteiger partial charge on any atom is -0.309 e. The molecular weight excluding hydrogens is 705 g/mol. The van der Waals surface area contributed by atoms with Crippen molar-refractivity contribution in [3.8, 4) is 33.9 Å². The van der Waals surface area contributed by atoms with Crippen molar-refractivity contribution >= 4 is 76.5 Å². The van der Waals surface area contributed by atoms with Gasteiger partial charge in [0.25, 0.3) is 0 Å². The van der Waals surface area contributed by atoms with Crippen LogP contribution in [-0.2, 0) is 0 Å². The Morgan fingerprint density at radius 3 is 1.47 bits per heavy atom. The molecule has 0 saturated carbocycles. The molecule has 0 aliphatic rings. The first kappa shape index (κ1) is 17.5. The predicted octanol–water partition coefficient (Wildman–Crippen LogP) is 14.0. The van der Waals surface area contributed by atoms with Crippen LogP contribution in [0.2, 0.25) is 0 Å². The molecule has 4 heteroatoms. The summed E-state index contributed by atoms with van der Waals surface area (Å²) < 4.78 is 197. The monoisotopic (exact) mass is 759 g/mol. The second-order valence-electron chi connectivity index (χ2n) is 13.8. The van der Waals surface area contributed by atoms with Crippen LogP contribution in [0.3, 0.4) is 0 Å². The van der Waals surface area contributed by atoms with Gasteiger partial charge in [-0.1, -0.05) is 115 Å². The normalized spacial score (nSPS) is 17.2. The van der Waals surface area contributed by atoms with Gasteiger partial charge in [-0.15, -0.1) is 0 Å². The molecule has 270 valence electrons. The van der Waals surface area contributed by atoms with Crippen molar-refractivity contribution in [1.29, 1.82) is 0 Å². The van der Waals surface area contributed by atoms with Crippen LogP contribution in [0.25, 0.3) is 110 Å². The van der Waals surface area contributed by atoms with Gasteiger partial charge < -0.3 is 18.3 Å². The van der Waals surface area contributed by atoms with Gasteiger partial charge in [-0.3, -0.25) is 0 Å². The van der Waals surface area contributed by atoms with E-state index in [-0.39, 0.29) is 84.5 Å². The molecule has 13 rings (SSSR count). The molecule has 4 heterocycles. The SMILES string of the molecule is [2H]c1c([2H])c([2H])c2c(c1[2H])c1c([2H])c(-n3c4c([2H])c([2H])c([2H])c([2H])c4c4c([2H])c([2H])c([2H])c([2H])c43)c([2H])c([2H])c1n2-c1cccc(-c2ccccc2-n2c3c([2H])c([2H])c([2H])c4c3c3c(c([2H])c([2H])c([2H])c32)n4-c2ccccc2)c1. The van der Waals surface area contributed by atoms with Crippen LogP contribution < -0.4 is 0 Å². The highest BCUT2D eigenvalue weighted by Crippen LogP contribution is 2.44. The lowest BCUT2D eigenvalue weighted by molar-refractivity contribution is 1.15. The molecule has 0 radical (unpaired) electrons. The highest BCUT2D eigenvalue weighted by atomic mass is 15.0. The fraction of sp³-hybridized carbons (Fsp3) is 0. The van der Waals surface area contributed by atoms with E-state index in [0.29, 0.717) is 33.3 Å². The van der Waals surface area contributed by atoms with Gasteiger partial charge >= 0.3 is 0 Å². The molecule has 0 bridgehead atoms. The Bertz CT molecular complexity index is 4810. The Labute approximate surface area is 363 Å². The summed E-state index contributed by atoms with van der Waals surface area (Å²) in [5.74, 6) is 0. The maximum atomic E-state index is 10.0. The molecule has 58 heavy (non-hydrogen) atoms. The summed E-state index contributed by atoms with van der Waals surface area (Å²) >= 11 is 0.